The molecule has 0 amide bonds. The standard InChI is InChI=1S/C9H16N4O3/c1-3-16-5-4-8-10-11-12-13(8)7(2)6-9(14)15/h7H,3-6H2,1-2H3,(H,14,15). The molecular weight excluding hydrogens is 212 g/mol. The Hall–Kier alpha value is -1.50. The predicted molar refractivity (Wildman–Crippen MR) is 55.0 cm³/mol. The summed E-state index contributed by atoms with van der Waals surface area (Å²) in [5, 5.41) is 19.9. The van der Waals surface area contributed by atoms with Crippen LogP contribution in [0.15, 0.2) is 0 Å². The molecule has 7 heteroatoms. The minimum atomic E-state index is -0.862. The fraction of sp³-hybridized carbons (Fsp3) is 0.778. The van der Waals surface area contributed by atoms with Crippen LogP contribution in [0.5, 0.6) is 0 Å². The number of ether oxygens (including phenoxy) is 1. The third-order valence-electron chi connectivity index (χ3n) is 2.12. The monoisotopic (exact) mass is 228 g/mol. The maximum atomic E-state index is 10.6. The Kier molecular flexibility index (Phi) is 4.84. The maximum absolute atomic E-state index is 10.6. The van der Waals surface area contributed by atoms with E-state index in [1.54, 1.807) is 6.92 Å². The topological polar surface area (TPSA) is 90.1 Å². The molecule has 1 N–H and O–H groups in total. The van der Waals surface area contributed by atoms with Crippen molar-refractivity contribution in [2.45, 2.75) is 32.7 Å². The van der Waals surface area contributed by atoms with Gasteiger partial charge in [0.1, 0.15) is 0 Å². The molecule has 1 atom stereocenters. The lowest BCUT2D eigenvalue weighted by molar-refractivity contribution is -0.137. The zero-order valence-electron chi connectivity index (χ0n) is 9.46. The van der Waals surface area contributed by atoms with Crippen molar-refractivity contribution in [1.82, 2.24) is 20.2 Å². The van der Waals surface area contributed by atoms with Gasteiger partial charge in [-0.1, -0.05) is 0 Å². The van der Waals surface area contributed by atoms with E-state index in [4.69, 9.17) is 9.84 Å². The quantitative estimate of drug-likeness (QED) is 0.674. The van der Waals surface area contributed by atoms with Crippen LogP contribution in [0.4, 0.5) is 0 Å². The lowest BCUT2D eigenvalue weighted by Gasteiger charge is -2.10. The highest BCUT2D eigenvalue weighted by Crippen LogP contribution is 2.10. The molecule has 0 spiro atoms. The Bertz CT molecular complexity index is 339. The second-order valence-electron chi connectivity index (χ2n) is 3.43. The normalized spacial score (nSPS) is 12.6. The molecule has 0 radical (unpaired) electrons. The molecule has 16 heavy (non-hydrogen) atoms. The summed E-state index contributed by atoms with van der Waals surface area (Å²) in [6.07, 6.45) is 0.595. The number of carbonyl (C=O) groups is 1. The summed E-state index contributed by atoms with van der Waals surface area (Å²) in [6, 6.07) is -0.246. The van der Waals surface area contributed by atoms with E-state index in [0.717, 1.165) is 0 Å². The van der Waals surface area contributed by atoms with Crippen LogP contribution in [-0.2, 0) is 16.0 Å². The molecule has 1 aromatic rings. The van der Waals surface area contributed by atoms with Crippen molar-refractivity contribution >= 4 is 5.97 Å². The number of rotatable bonds is 7. The zero-order valence-corrected chi connectivity index (χ0v) is 9.46. The minimum Gasteiger partial charge on any atom is -0.481 e. The SMILES string of the molecule is CCOCCc1nnnn1C(C)CC(=O)O. The molecule has 0 aliphatic rings. The molecule has 1 rings (SSSR count). The third kappa shape index (κ3) is 3.58. The number of tetrazole rings is 1. The van der Waals surface area contributed by atoms with Gasteiger partial charge in [-0.25, -0.2) is 4.68 Å². The predicted octanol–water partition coefficient (Wildman–Crippen LogP) is 0.288. The van der Waals surface area contributed by atoms with Crippen LogP contribution in [0.1, 0.15) is 32.1 Å². The Morgan fingerprint density at radius 3 is 3.00 bits per heavy atom. The highest BCUT2D eigenvalue weighted by atomic mass is 16.5. The average Bonchev–Trinajstić information content (AvgIpc) is 2.65. The van der Waals surface area contributed by atoms with E-state index in [-0.39, 0.29) is 12.5 Å². The van der Waals surface area contributed by atoms with Gasteiger partial charge in [-0.2, -0.15) is 0 Å². The van der Waals surface area contributed by atoms with E-state index >= 15 is 0 Å². The first-order chi connectivity index (χ1) is 7.65. The first kappa shape index (κ1) is 12.6. The zero-order chi connectivity index (χ0) is 12.0. The van der Waals surface area contributed by atoms with Crippen molar-refractivity contribution in [3.63, 3.8) is 0 Å². The van der Waals surface area contributed by atoms with Crippen LogP contribution >= 0.6 is 0 Å². The van der Waals surface area contributed by atoms with E-state index in [2.05, 4.69) is 15.5 Å². The molecule has 0 aromatic carbocycles. The molecule has 0 aliphatic heterocycles. The smallest absolute Gasteiger partial charge is 0.305 e. The Labute approximate surface area is 93.4 Å². The van der Waals surface area contributed by atoms with Gasteiger partial charge >= 0.3 is 5.97 Å². The number of carboxylic acid groups (broad SMARTS) is 1. The van der Waals surface area contributed by atoms with Crippen LogP contribution in [0.3, 0.4) is 0 Å². The second kappa shape index (κ2) is 6.16. The molecule has 0 bridgehead atoms. The summed E-state index contributed by atoms with van der Waals surface area (Å²) >= 11 is 0. The van der Waals surface area contributed by atoms with E-state index in [0.29, 0.717) is 25.5 Å². The highest BCUT2D eigenvalue weighted by molar-refractivity contribution is 5.67. The van der Waals surface area contributed by atoms with Gasteiger partial charge in [-0.05, 0) is 24.3 Å². The van der Waals surface area contributed by atoms with Crippen LogP contribution in [0, 0.1) is 0 Å². The van der Waals surface area contributed by atoms with Gasteiger partial charge in [0.25, 0.3) is 0 Å². The van der Waals surface area contributed by atoms with Crippen LogP contribution in [-0.4, -0.2) is 44.5 Å². The van der Waals surface area contributed by atoms with E-state index in [1.165, 1.54) is 4.68 Å². The van der Waals surface area contributed by atoms with Gasteiger partial charge in [-0.3, -0.25) is 4.79 Å². The lowest BCUT2D eigenvalue weighted by Crippen LogP contribution is -2.16. The summed E-state index contributed by atoms with van der Waals surface area (Å²) in [5.41, 5.74) is 0. The molecule has 1 aromatic heterocycles. The van der Waals surface area contributed by atoms with Crippen molar-refractivity contribution in [1.29, 1.82) is 0 Å². The molecular formula is C9H16N4O3. The fourth-order valence-electron chi connectivity index (χ4n) is 1.37. The van der Waals surface area contributed by atoms with E-state index in [9.17, 15) is 4.79 Å². The largest absolute Gasteiger partial charge is 0.481 e. The summed E-state index contributed by atoms with van der Waals surface area (Å²) in [4.78, 5) is 10.6. The van der Waals surface area contributed by atoms with Gasteiger partial charge in [-0.15, -0.1) is 5.10 Å². The van der Waals surface area contributed by atoms with Gasteiger partial charge in [0, 0.05) is 13.0 Å². The molecule has 1 heterocycles. The summed E-state index contributed by atoms with van der Waals surface area (Å²) in [5.74, 6) is -0.207. The maximum Gasteiger partial charge on any atom is 0.305 e. The van der Waals surface area contributed by atoms with Gasteiger partial charge in [0.05, 0.1) is 19.1 Å². The molecule has 90 valence electrons. The van der Waals surface area contributed by atoms with Crippen LogP contribution < -0.4 is 0 Å². The highest BCUT2D eigenvalue weighted by Gasteiger charge is 2.15. The number of hydrogen-bond acceptors (Lipinski definition) is 5. The van der Waals surface area contributed by atoms with Crippen molar-refractivity contribution in [2.24, 2.45) is 0 Å². The fourth-order valence-corrected chi connectivity index (χ4v) is 1.37. The third-order valence-corrected chi connectivity index (χ3v) is 2.12. The molecule has 1 unspecified atom stereocenters. The summed E-state index contributed by atoms with van der Waals surface area (Å²) < 4.78 is 6.73. The van der Waals surface area contributed by atoms with E-state index < -0.39 is 5.97 Å². The molecule has 0 fully saturated rings. The van der Waals surface area contributed by atoms with Crippen molar-refractivity contribution < 1.29 is 14.6 Å². The van der Waals surface area contributed by atoms with Crippen LogP contribution in [0.25, 0.3) is 0 Å². The van der Waals surface area contributed by atoms with Gasteiger partial charge < -0.3 is 9.84 Å². The van der Waals surface area contributed by atoms with Gasteiger partial charge in [0.15, 0.2) is 5.82 Å². The van der Waals surface area contributed by atoms with Crippen molar-refractivity contribution in [3.8, 4) is 0 Å². The minimum absolute atomic E-state index is 0.00662. The van der Waals surface area contributed by atoms with E-state index in [1.807, 2.05) is 6.92 Å². The number of hydrogen-bond donors (Lipinski definition) is 1. The summed E-state index contributed by atoms with van der Waals surface area (Å²) in [7, 11) is 0. The first-order valence-electron chi connectivity index (χ1n) is 5.21. The number of aromatic nitrogens is 4. The Balaban J connectivity index is 2.58. The van der Waals surface area contributed by atoms with Crippen molar-refractivity contribution in [3.05, 3.63) is 5.82 Å². The summed E-state index contributed by atoms with van der Waals surface area (Å²) in [6.45, 7) is 4.87. The Morgan fingerprint density at radius 1 is 1.62 bits per heavy atom. The number of nitrogens with zero attached hydrogens (tertiary/aromatic N) is 4. The molecule has 0 saturated carbocycles. The van der Waals surface area contributed by atoms with Gasteiger partial charge in [0.2, 0.25) is 0 Å². The Morgan fingerprint density at radius 2 is 2.38 bits per heavy atom. The first-order valence-corrected chi connectivity index (χ1v) is 5.21. The molecule has 0 aliphatic carbocycles. The van der Waals surface area contributed by atoms with Crippen LogP contribution in [0.2, 0.25) is 0 Å². The average molecular weight is 228 g/mol. The lowest BCUT2D eigenvalue weighted by atomic mass is 10.2. The number of carboxylic acids is 1. The molecule has 0 saturated heterocycles. The number of aliphatic carboxylic acids is 1. The second-order valence-corrected chi connectivity index (χ2v) is 3.43. The van der Waals surface area contributed by atoms with Crippen molar-refractivity contribution in [2.75, 3.05) is 13.2 Å². The molecule has 7 nitrogen and oxygen atoms in total.